The summed E-state index contributed by atoms with van der Waals surface area (Å²) in [6, 6.07) is 9.28. The fraction of sp³-hybridized carbons (Fsp3) is 0.647. The molecule has 3 heteroatoms. The lowest BCUT2D eigenvalue weighted by Crippen LogP contribution is -2.48. The van der Waals surface area contributed by atoms with E-state index in [0.717, 1.165) is 19.6 Å². The molecule has 2 atom stereocenters. The minimum absolute atomic E-state index is 0.667. The molecule has 0 bridgehead atoms. The van der Waals surface area contributed by atoms with Crippen molar-refractivity contribution in [3.05, 3.63) is 29.8 Å². The van der Waals surface area contributed by atoms with Crippen LogP contribution in [0.3, 0.4) is 0 Å². The van der Waals surface area contributed by atoms with E-state index < -0.39 is 0 Å². The van der Waals surface area contributed by atoms with Crippen molar-refractivity contribution < 1.29 is 4.74 Å². The molecular formula is C17H28N2O. The molecule has 1 aromatic rings. The van der Waals surface area contributed by atoms with Crippen LogP contribution >= 0.6 is 0 Å². The Morgan fingerprint density at radius 3 is 2.85 bits per heavy atom. The maximum absolute atomic E-state index is 5.32. The Morgan fingerprint density at radius 2 is 2.15 bits per heavy atom. The molecule has 1 aliphatic rings. The SMILES string of the molecule is CCCNC1CCN(c2ccccc2COC)CC1C. The number of piperidine rings is 1. The summed E-state index contributed by atoms with van der Waals surface area (Å²) in [6.07, 6.45) is 2.44. The summed E-state index contributed by atoms with van der Waals surface area (Å²) in [5.41, 5.74) is 2.64. The van der Waals surface area contributed by atoms with Crippen molar-refractivity contribution in [2.45, 2.75) is 39.3 Å². The summed E-state index contributed by atoms with van der Waals surface area (Å²) in [5, 5.41) is 3.68. The first kappa shape index (κ1) is 15.3. The average Bonchev–Trinajstić information content (AvgIpc) is 2.47. The van der Waals surface area contributed by atoms with Crippen LogP contribution < -0.4 is 10.2 Å². The van der Waals surface area contributed by atoms with E-state index in [1.165, 1.54) is 24.1 Å². The van der Waals surface area contributed by atoms with Gasteiger partial charge in [0.2, 0.25) is 0 Å². The molecule has 1 aliphatic heterocycles. The number of ether oxygens (including phenoxy) is 1. The Labute approximate surface area is 123 Å². The van der Waals surface area contributed by atoms with E-state index in [9.17, 15) is 0 Å². The topological polar surface area (TPSA) is 24.5 Å². The molecular weight excluding hydrogens is 248 g/mol. The van der Waals surface area contributed by atoms with Gasteiger partial charge < -0.3 is 15.0 Å². The van der Waals surface area contributed by atoms with Crippen molar-refractivity contribution in [1.29, 1.82) is 0 Å². The minimum Gasteiger partial charge on any atom is -0.380 e. The highest BCUT2D eigenvalue weighted by atomic mass is 16.5. The van der Waals surface area contributed by atoms with Crippen molar-refractivity contribution in [2.24, 2.45) is 5.92 Å². The third kappa shape index (κ3) is 3.74. The van der Waals surface area contributed by atoms with E-state index >= 15 is 0 Å². The van der Waals surface area contributed by atoms with Crippen LogP contribution in [0.15, 0.2) is 24.3 Å². The molecule has 0 aromatic heterocycles. The highest BCUT2D eigenvalue weighted by Gasteiger charge is 2.26. The number of para-hydroxylation sites is 1. The van der Waals surface area contributed by atoms with Gasteiger partial charge in [-0.3, -0.25) is 0 Å². The summed E-state index contributed by atoms with van der Waals surface area (Å²) in [5.74, 6) is 0.686. The number of hydrogen-bond donors (Lipinski definition) is 1. The fourth-order valence-corrected chi connectivity index (χ4v) is 3.09. The molecule has 1 fully saturated rings. The summed E-state index contributed by atoms with van der Waals surface area (Å²) in [4.78, 5) is 2.52. The molecule has 1 aromatic carbocycles. The molecule has 0 radical (unpaired) electrons. The number of methoxy groups -OCH3 is 1. The van der Waals surface area contributed by atoms with Crippen molar-refractivity contribution >= 4 is 5.69 Å². The van der Waals surface area contributed by atoms with E-state index in [0.29, 0.717) is 18.6 Å². The monoisotopic (exact) mass is 276 g/mol. The predicted molar refractivity (Wildman–Crippen MR) is 85.2 cm³/mol. The lowest BCUT2D eigenvalue weighted by atomic mass is 9.93. The summed E-state index contributed by atoms with van der Waals surface area (Å²) < 4.78 is 5.32. The van der Waals surface area contributed by atoms with Gasteiger partial charge in [0.15, 0.2) is 0 Å². The van der Waals surface area contributed by atoms with Crippen LogP contribution in [-0.2, 0) is 11.3 Å². The van der Waals surface area contributed by atoms with Gasteiger partial charge in [-0.25, -0.2) is 0 Å². The van der Waals surface area contributed by atoms with Gasteiger partial charge >= 0.3 is 0 Å². The first-order valence-corrected chi connectivity index (χ1v) is 7.81. The number of benzene rings is 1. The molecule has 1 N–H and O–H groups in total. The summed E-state index contributed by atoms with van der Waals surface area (Å²) in [6.45, 7) is 8.68. The molecule has 112 valence electrons. The Hall–Kier alpha value is -1.06. The average molecular weight is 276 g/mol. The highest BCUT2D eigenvalue weighted by Crippen LogP contribution is 2.27. The van der Waals surface area contributed by atoms with Gasteiger partial charge in [0.1, 0.15) is 0 Å². The quantitative estimate of drug-likeness (QED) is 0.864. The maximum atomic E-state index is 5.32. The van der Waals surface area contributed by atoms with E-state index in [2.05, 4.69) is 48.3 Å². The molecule has 0 saturated carbocycles. The van der Waals surface area contributed by atoms with Crippen LogP contribution in [0, 0.1) is 5.92 Å². The van der Waals surface area contributed by atoms with Gasteiger partial charge in [-0.05, 0) is 31.4 Å². The fourth-order valence-electron chi connectivity index (χ4n) is 3.09. The first-order chi connectivity index (χ1) is 9.76. The molecule has 20 heavy (non-hydrogen) atoms. The van der Waals surface area contributed by atoms with Crippen molar-refractivity contribution in [2.75, 3.05) is 31.6 Å². The third-order valence-electron chi connectivity index (χ3n) is 4.19. The standard InChI is InChI=1S/C17H28N2O/c1-4-10-18-16-9-11-19(12-14(16)2)17-8-6-5-7-15(17)13-20-3/h5-8,14,16,18H,4,9-13H2,1-3H3. The van der Waals surface area contributed by atoms with Crippen LogP contribution in [0.5, 0.6) is 0 Å². The Morgan fingerprint density at radius 1 is 1.35 bits per heavy atom. The number of anilines is 1. The smallest absolute Gasteiger partial charge is 0.0733 e. The Kier molecular flexibility index (Phi) is 5.86. The summed E-state index contributed by atoms with van der Waals surface area (Å²) in [7, 11) is 1.76. The second-order valence-electron chi connectivity index (χ2n) is 5.83. The number of rotatable bonds is 6. The Bertz CT molecular complexity index is 408. The number of hydrogen-bond acceptors (Lipinski definition) is 3. The van der Waals surface area contributed by atoms with E-state index in [1.807, 2.05) is 0 Å². The molecule has 1 saturated heterocycles. The van der Waals surface area contributed by atoms with Crippen LogP contribution in [-0.4, -0.2) is 32.8 Å². The molecule has 0 spiro atoms. The maximum Gasteiger partial charge on any atom is 0.0733 e. The normalized spacial score (nSPS) is 23.1. The second kappa shape index (κ2) is 7.65. The third-order valence-corrected chi connectivity index (χ3v) is 4.19. The predicted octanol–water partition coefficient (Wildman–Crippen LogP) is 3.05. The van der Waals surface area contributed by atoms with Crippen LogP contribution in [0.2, 0.25) is 0 Å². The van der Waals surface area contributed by atoms with Gasteiger partial charge in [-0.15, -0.1) is 0 Å². The second-order valence-corrected chi connectivity index (χ2v) is 5.83. The summed E-state index contributed by atoms with van der Waals surface area (Å²) >= 11 is 0. The van der Waals surface area contributed by atoms with Crippen LogP contribution in [0.25, 0.3) is 0 Å². The van der Waals surface area contributed by atoms with Gasteiger partial charge in [0.05, 0.1) is 6.61 Å². The highest BCUT2D eigenvalue weighted by molar-refractivity contribution is 5.53. The van der Waals surface area contributed by atoms with Gasteiger partial charge in [0.25, 0.3) is 0 Å². The zero-order chi connectivity index (χ0) is 14.4. The number of nitrogens with one attached hydrogen (secondary N) is 1. The lowest BCUT2D eigenvalue weighted by Gasteiger charge is -2.39. The molecule has 0 aliphatic carbocycles. The lowest BCUT2D eigenvalue weighted by molar-refractivity contribution is 0.185. The largest absolute Gasteiger partial charge is 0.380 e. The molecule has 1 heterocycles. The van der Waals surface area contributed by atoms with Gasteiger partial charge in [-0.1, -0.05) is 32.0 Å². The molecule has 0 amide bonds. The Balaban J connectivity index is 2.01. The zero-order valence-electron chi connectivity index (χ0n) is 13.1. The van der Waals surface area contributed by atoms with Crippen LogP contribution in [0.4, 0.5) is 5.69 Å². The number of nitrogens with zero attached hydrogens (tertiary/aromatic N) is 1. The van der Waals surface area contributed by atoms with E-state index in [-0.39, 0.29) is 0 Å². The zero-order valence-corrected chi connectivity index (χ0v) is 13.1. The molecule has 2 rings (SSSR count). The van der Waals surface area contributed by atoms with Crippen molar-refractivity contribution in [3.8, 4) is 0 Å². The molecule has 3 nitrogen and oxygen atoms in total. The van der Waals surface area contributed by atoms with E-state index in [1.54, 1.807) is 7.11 Å². The minimum atomic E-state index is 0.667. The van der Waals surface area contributed by atoms with Crippen molar-refractivity contribution in [1.82, 2.24) is 5.32 Å². The van der Waals surface area contributed by atoms with Crippen molar-refractivity contribution in [3.63, 3.8) is 0 Å². The van der Waals surface area contributed by atoms with Gasteiger partial charge in [0, 0.05) is 37.5 Å². The van der Waals surface area contributed by atoms with E-state index in [4.69, 9.17) is 4.74 Å². The molecule has 2 unspecified atom stereocenters. The van der Waals surface area contributed by atoms with Gasteiger partial charge in [-0.2, -0.15) is 0 Å². The van der Waals surface area contributed by atoms with Crippen LogP contribution in [0.1, 0.15) is 32.3 Å². The first-order valence-electron chi connectivity index (χ1n) is 7.81.